The second-order valence-electron chi connectivity index (χ2n) is 6.12. The van der Waals surface area contributed by atoms with Crippen LogP contribution < -0.4 is 5.73 Å². The summed E-state index contributed by atoms with van der Waals surface area (Å²) < 4.78 is 5.41. The van der Waals surface area contributed by atoms with Crippen LogP contribution in [-0.2, 0) is 0 Å². The van der Waals surface area contributed by atoms with Crippen LogP contribution in [0.1, 0.15) is 15.9 Å². The number of amides is 1. The highest BCUT2D eigenvalue weighted by molar-refractivity contribution is 5.93. The number of pyridine rings is 1. The summed E-state index contributed by atoms with van der Waals surface area (Å²) in [6, 6.07) is 20.2. The van der Waals surface area contributed by atoms with Crippen molar-refractivity contribution < 1.29 is 9.21 Å². The zero-order valence-electron chi connectivity index (χ0n) is 14.7. The molecule has 2 N–H and O–H groups in total. The quantitative estimate of drug-likeness (QED) is 0.587. The first-order chi connectivity index (χ1) is 13.6. The highest BCUT2D eigenvalue weighted by atomic mass is 16.3. The molecule has 0 aliphatic heterocycles. The van der Waals surface area contributed by atoms with Gasteiger partial charge in [0.2, 0.25) is 5.91 Å². The van der Waals surface area contributed by atoms with Crippen molar-refractivity contribution in [3.05, 3.63) is 84.4 Å². The molecule has 6 nitrogen and oxygen atoms in total. The molecule has 1 amide bonds. The van der Waals surface area contributed by atoms with Crippen LogP contribution in [-0.4, -0.2) is 15.9 Å². The van der Waals surface area contributed by atoms with Gasteiger partial charge in [0, 0.05) is 11.1 Å². The van der Waals surface area contributed by atoms with Crippen LogP contribution in [0.2, 0.25) is 0 Å². The first-order valence-corrected chi connectivity index (χ1v) is 8.46. The van der Waals surface area contributed by atoms with Crippen molar-refractivity contribution in [2.75, 3.05) is 0 Å². The highest BCUT2D eigenvalue weighted by Gasteiger charge is 2.11. The Hall–Kier alpha value is -4.24. The van der Waals surface area contributed by atoms with Crippen LogP contribution >= 0.6 is 0 Å². The molecule has 0 unspecified atom stereocenters. The fourth-order valence-corrected chi connectivity index (χ4v) is 2.86. The predicted molar refractivity (Wildman–Crippen MR) is 104 cm³/mol. The smallest absolute Gasteiger partial charge is 0.248 e. The van der Waals surface area contributed by atoms with E-state index < -0.39 is 5.91 Å². The molecule has 134 valence electrons. The summed E-state index contributed by atoms with van der Waals surface area (Å²) in [4.78, 5) is 20.0. The van der Waals surface area contributed by atoms with Crippen LogP contribution in [0.25, 0.3) is 33.8 Å². The van der Waals surface area contributed by atoms with Crippen molar-refractivity contribution in [2.45, 2.75) is 0 Å². The lowest BCUT2D eigenvalue weighted by atomic mass is 10.00. The molecule has 4 aromatic rings. The number of carbonyl (C=O) groups is 1. The monoisotopic (exact) mass is 366 g/mol. The summed E-state index contributed by atoms with van der Waals surface area (Å²) in [6.07, 6.45) is 2.96. The number of hydrogen-bond acceptors (Lipinski definition) is 5. The molecule has 0 aliphatic rings. The Kier molecular flexibility index (Phi) is 4.40. The second-order valence-corrected chi connectivity index (χ2v) is 6.12. The fraction of sp³-hybridized carbons (Fsp3) is 0. The van der Waals surface area contributed by atoms with Gasteiger partial charge in [-0.3, -0.25) is 4.79 Å². The van der Waals surface area contributed by atoms with Gasteiger partial charge < -0.3 is 10.2 Å². The molecule has 2 aromatic carbocycles. The number of nitrogens with zero attached hydrogens (tertiary/aromatic N) is 3. The van der Waals surface area contributed by atoms with Gasteiger partial charge in [-0.2, -0.15) is 5.26 Å². The first-order valence-electron chi connectivity index (χ1n) is 8.46. The zero-order valence-corrected chi connectivity index (χ0v) is 14.7. The number of nitrogens with two attached hydrogens (primary N) is 1. The Bertz CT molecular complexity index is 1170. The standard InChI is InChI=1S/C22H14N4O2/c23-11-14-1-3-16(4-2-14)19-9-18(10-20(26-19)21-12-25-13-28-21)15-5-7-17(8-6-15)22(24)27/h1-10,12-13H,(H2,24,27). The molecular formula is C22H14N4O2. The number of oxazole rings is 1. The normalized spacial score (nSPS) is 10.4. The summed E-state index contributed by atoms with van der Waals surface area (Å²) in [6.45, 7) is 0. The number of aromatic nitrogens is 2. The number of primary amides is 1. The van der Waals surface area contributed by atoms with Crippen LogP contribution in [0.5, 0.6) is 0 Å². The summed E-state index contributed by atoms with van der Waals surface area (Å²) in [5, 5.41) is 9.00. The van der Waals surface area contributed by atoms with Crippen LogP contribution in [0, 0.1) is 11.3 Å². The molecule has 2 heterocycles. The van der Waals surface area contributed by atoms with E-state index in [0.29, 0.717) is 22.6 Å². The molecule has 0 fully saturated rings. The van der Waals surface area contributed by atoms with Crippen molar-refractivity contribution in [3.8, 4) is 39.9 Å². The molecule has 0 atom stereocenters. The maximum absolute atomic E-state index is 11.3. The topological polar surface area (TPSA) is 106 Å². The molecular weight excluding hydrogens is 352 g/mol. The van der Waals surface area contributed by atoms with Crippen LogP contribution in [0.3, 0.4) is 0 Å². The van der Waals surface area contributed by atoms with Crippen molar-refractivity contribution in [1.29, 1.82) is 5.26 Å². The van der Waals surface area contributed by atoms with Gasteiger partial charge in [-0.15, -0.1) is 0 Å². The molecule has 0 aliphatic carbocycles. The van der Waals surface area contributed by atoms with E-state index in [9.17, 15) is 4.79 Å². The second kappa shape index (κ2) is 7.17. The maximum Gasteiger partial charge on any atom is 0.248 e. The lowest BCUT2D eigenvalue weighted by Gasteiger charge is -2.09. The Morgan fingerprint density at radius 1 is 0.929 bits per heavy atom. The lowest BCUT2D eigenvalue weighted by Crippen LogP contribution is -2.10. The number of nitriles is 1. The van der Waals surface area contributed by atoms with Gasteiger partial charge in [-0.05, 0) is 47.5 Å². The summed E-state index contributed by atoms with van der Waals surface area (Å²) >= 11 is 0. The van der Waals surface area contributed by atoms with Gasteiger partial charge >= 0.3 is 0 Å². The van der Waals surface area contributed by atoms with Gasteiger partial charge in [0.1, 0.15) is 5.69 Å². The third kappa shape index (κ3) is 3.37. The highest BCUT2D eigenvalue weighted by Crippen LogP contribution is 2.30. The minimum Gasteiger partial charge on any atom is -0.442 e. The van der Waals surface area contributed by atoms with Crippen molar-refractivity contribution in [1.82, 2.24) is 9.97 Å². The third-order valence-electron chi connectivity index (χ3n) is 4.32. The molecule has 28 heavy (non-hydrogen) atoms. The average molecular weight is 366 g/mol. The van der Waals surface area contributed by atoms with Crippen LogP contribution in [0.4, 0.5) is 0 Å². The van der Waals surface area contributed by atoms with Gasteiger partial charge in [0.05, 0.1) is 23.5 Å². The SMILES string of the molecule is N#Cc1ccc(-c2cc(-c3ccc(C(N)=O)cc3)cc(-c3cnco3)n2)cc1. The van der Waals surface area contributed by atoms with Gasteiger partial charge in [-0.1, -0.05) is 24.3 Å². The van der Waals surface area contributed by atoms with Gasteiger partial charge in [0.25, 0.3) is 0 Å². The average Bonchev–Trinajstić information content (AvgIpc) is 3.28. The molecule has 6 heteroatoms. The molecule has 0 saturated carbocycles. The minimum absolute atomic E-state index is 0.445. The Balaban J connectivity index is 1.84. The minimum atomic E-state index is -0.470. The van der Waals surface area contributed by atoms with E-state index >= 15 is 0 Å². The predicted octanol–water partition coefficient (Wildman–Crippen LogP) is 4.04. The Morgan fingerprint density at radius 3 is 2.21 bits per heavy atom. The van der Waals surface area contributed by atoms with E-state index in [4.69, 9.17) is 15.4 Å². The van der Waals surface area contributed by atoms with Crippen molar-refractivity contribution in [3.63, 3.8) is 0 Å². The van der Waals surface area contributed by atoms with E-state index in [1.54, 1.807) is 30.5 Å². The van der Waals surface area contributed by atoms with E-state index in [1.165, 1.54) is 6.39 Å². The molecule has 0 spiro atoms. The number of rotatable bonds is 4. The summed E-state index contributed by atoms with van der Waals surface area (Å²) in [7, 11) is 0. The molecule has 0 bridgehead atoms. The van der Waals surface area contributed by atoms with Crippen molar-refractivity contribution >= 4 is 5.91 Å². The summed E-state index contributed by atoms with van der Waals surface area (Å²) in [5.74, 6) is 0.0763. The Morgan fingerprint density at radius 2 is 1.61 bits per heavy atom. The van der Waals surface area contributed by atoms with E-state index in [2.05, 4.69) is 16.0 Å². The largest absolute Gasteiger partial charge is 0.442 e. The molecule has 0 saturated heterocycles. The van der Waals surface area contributed by atoms with Gasteiger partial charge in [-0.25, -0.2) is 9.97 Å². The van der Waals surface area contributed by atoms with E-state index in [1.807, 2.05) is 36.4 Å². The maximum atomic E-state index is 11.3. The number of hydrogen-bond donors (Lipinski definition) is 1. The zero-order chi connectivity index (χ0) is 19.5. The number of benzene rings is 2. The van der Waals surface area contributed by atoms with Crippen LogP contribution in [0.15, 0.2) is 77.7 Å². The molecule has 4 rings (SSSR count). The van der Waals surface area contributed by atoms with E-state index in [-0.39, 0.29) is 0 Å². The third-order valence-corrected chi connectivity index (χ3v) is 4.32. The molecule has 0 radical (unpaired) electrons. The lowest BCUT2D eigenvalue weighted by molar-refractivity contribution is 0.100. The Labute approximate surface area is 160 Å². The van der Waals surface area contributed by atoms with E-state index in [0.717, 1.165) is 22.4 Å². The van der Waals surface area contributed by atoms with Gasteiger partial charge in [0.15, 0.2) is 12.2 Å². The van der Waals surface area contributed by atoms with Crippen molar-refractivity contribution in [2.24, 2.45) is 5.73 Å². The summed E-state index contributed by atoms with van der Waals surface area (Å²) in [5.41, 5.74) is 10.4. The number of carbonyl (C=O) groups excluding carboxylic acids is 1. The fourth-order valence-electron chi connectivity index (χ4n) is 2.86. The first kappa shape index (κ1) is 17.2. The molecule has 2 aromatic heterocycles.